The summed E-state index contributed by atoms with van der Waals surface area (Å²) in [5.74, 6) is -3.34. The van der Waals surface area contributed by atoms with E-state index in [1.165, 1.54) is 0 Å². The zero-order valence-electron chi connectivity index (χ0n) is 7.45. The Hall–Kier alpha value is -0.510. The lowest BCUT2D eigenvalue weighted by Gasteiger charge is -2.07. The van der Waals surface area contributed by atoms with E-state index in [0.29, 0.717) is 17.5 Å². The van der Waals surface area contributed by atoms with Gasteiger partial charge < -0.3 is 0 Å². The molecule has 4 heteroatoms. The normalized spacial score (nSPS) is 25.2. The van der Waals surface area contributed by atoms with Gasteiger partial charge in [0.15, 0.2) is 17.5 Å². The van der Waals surface area contributed by atoms with Crippen molar-refractivity contribution in [2.24, 2.45) is 5.92 Å². The van der Waals surface area contributed by atoms with E-state index >= 15 is 0 Å². The van der Waals surface area contributed by atoms with Crippen molar-refractivity contribution in [3.63, 3.8) is 0 Å². The van der Waals surface area contributed by atoms with Gasteiger partial charge in [0.1, 0.15) is 0 Å². The first kappa shape index (κ1) is 10.0. The molecule has 0 radical (unpaired) electrons. The molecule has 2 atom stereocenters. The van der Waals surface area contributed by atoms with Crippen molar-refractivity contribution in [1.29, 1.82) is 0 Å². The lowest BCUT2D eigenvalue weighted by molar-refractivity contribution is 0.441. The zero-order valence-corrected chi connectivity index (χ0v) is 9.04. The third-order valence-electron chi connectivity index (χ3n) is 2.62. The molecule has 0 amide bonds. The first-order valence-corrected chi connectivity index (χ1v) is 5.24. The highest BCUT2D eigenvalue weighted by atomic mass is 79.9. The van der Waals surface area contributed by atoms with E-state index in [1.54, 1.807) is 0 Å². The molecule has 0 spiro atoms. The fourth-order valence-corrected chi connectivity index (χ4v) is 2.43. The van der Waals surface area contributed by atoms with Gasteiger partial charge in [-0.2, -0.15) is 0 Å². The van der Waals surface area contributed by atoms with Gasteiger partial charge in [-0.3, -0.25) is 0 Å². The second-order valence-corrected chi connectivity index (χ2v) is 4.62. The van der Waals surface area contributed by atoms with Gasteiger partial charge in [-0.15, -0.1) is 0 Å². The van der Waals surface area contributed by atoms with Crippen LogP contribution < -0.4 is 0 Å². The average molecular weight is 265 g/mol. The summed E-state index contributed by atoms with van der Waals surface area (Å²) in [7, 11) is 0. The van der Waals surface area contributed by atoms with Crippen LogP contribution in [0.15, 0.2) is 6.07 Å². The van der Waals surface area contributed by atoms with Crippen LogP contribution in [0.4, 0.5) is 13.2 Å². The predicted octanol–water partition coefficient (Wildman–Crippen LogP) is 3.73. The van der Waals surface area contributed by atoms with Crippen LogP contribution in [0.25, 0.3) is 0 Å². The Balaban J connectivity index is 2.64. The van der Waals surface area contributed by atoms with Gasteiger partial charge >= 0.3 is 0 Å². The number of hydrogen-bond acceptors (Lipinski definition) is 0. The van der Waals surface area contributed by atoms with Crippen molar-refractivity contribution >= 4 is 15.9 Å². The van der Waals surface area contributed by atoms with Crippen LogP contribution in [-0.4, -0.2) is 0 Å². The molecule has 0 N–H and O–H groups in total. The average Bonchev–Trinajstić information content (AvgIpc) is 2.42. The van der Waals surface area contributed by atoms with Gasteiger partial charge in [0.25, 0.3) is 0 Å². The minimum atomic E-state index is -1.36. The van der Waals surface area contributed by atoms with Crippen LogP contribution in [0.2, 0.25) is 0 Å². The second-order valence-electron chi connectivity index (χ2n) is 3.64. The maximum absolute atomic E-state index is 13.3. The standard InChI is InChI=1S/C10H8BrF3/c1-4-2-6-5(8(4)11)3-7(12)10(14)9(6)13/h3-4,8H,2H2,1H3. The molecule has 0 aromatic heterocycles. The fraction of sp³-hybridized carbons (Fsp3) is 0.400. The lowest BCUT2D eigenvalue weighted by atomic mass is 10.1. The van der Waals surface area contributed by atoms with E-state index in [9.17, 15) is 13.2 Å². The molecule has 0 nitrogen and oxygen atoms in total. The van der Waals surface area contributed by atoms with Gasteiger partial charge in [-0.05, 0) is 29.5 Å². The molecular weight excluding hydrogens is 257 g/mol. The van der Waals surface area contributed by atoms with E-state index in [0.717, 1.165) is 6.07 Å². The molecule has 1 aliphatic rings. The summed E-state index contributed by atoms with van der Waals surface area (Å²) >= 11 is 3.34. The summed E-state index contributed by atoms with van der Waals surface area (Å²) in [6.07, 6.45) is 0.453. The van der Waals surface area contributed by atoms with Crippen molar-refractivity contribution in [3.05, 3.63) is 34.6 Å². The smallest absolute Gasteiger partial charge is 0.194 e. The van der Waals surface area contributed by atoms with Crippen LogP contribution in [0.3, 0.4) is 0 Å². The van der Waals surface area contributed by atoms with Gasteiger partial charge in [0.2, 0.25) is 0 Å². The summed E-state index contributed by atoms with van der Waals surface area (Å²) in [4.78, 5) is -0.0814. The van der Waals surface area contributed by atoms with Crippen LogP contribution in [0, 0.1) is 23.4 Å². The zero-order chi connectivity index (χ0) is 10.5. The van der Waals surface area contributed by atoms with Crippen molar-refractivity contribution in [2.45, 2.75) is 18.2 Å². The number of halogens is 4. The number of alkyl halides is 1. The second kappa shape index (κ2) is 3.26. The first-order valence-electron chi connectivity index (χ1n) is 4.32. The number of rotatable bonds is 0. The molecule has 1 aromatic carbocycles. The molecule has 0 bridgehead atoms. The monoisotopic (exact) mass is 264 g/mol. The molecule has 0 saturated carbocycles. The minimum absolute atomic E-state index is 0.0814. The van der Waals surface area contributed by atoms with Crippen molar-refractivity contribution in [1.82, 2.24) is 0 Å². The highest BCUT2D eigenvalue weighted by molar-refractivity contribution is 9.09. The Kier molecular flexibility index (Phi) is 2.33. The lowest BCUT2D eigenvalue weighted by Crippen LogP contribution is -1.98. The molecule has 2 rings (SSSR count). The molecule has 14 heavy (non-hydrogen) atoms. The van der Waals surface area contributed by atoms with Crippen LogP contribution in [0.5, 0.6) is 0 Å². The van der Waals surface area contributed by atoms with Gasteiger partial charge in [-0.25, -0.2) is 13.2 Å². The highest BCUT2D eigenvalue weighted by Crippen LogP contribution is 2.43. The molecule has 1 aromatic rings. The maximum atomic E-state index is 13.3. The largest absolute Gasteiger partial charge is 0.204 e. The molecule has 0 fully saturated rings. The van der Waals surface area contributed by atoms with E-state index in [4.69, 9.17) is 0 Å². The molecule has 2 unspecified atom stereocenters. The topological polar surface area (TPSA) is 0 Å². The van der Waals surface area contributed by atoms with Crippen molar-refractivity contribution in [3.8, 4) is 0 Å². The summed E-state index contributed by atoms with van der Waals surface area (Å²) in [6.45, 7) is 1.91. The minimum Gasteiger partial charge on any atom is -0.204 e. The van der Waals surface area contributed by atoms with Crippen LogP contribution in [-0.2, 0) is 6.42 Å². The van der Waals surface area contributed by atoms with Gasteiger partial charge in [0, 0.05) is 4.83 Å². The van der Waals surface area contributed by atoms with Crippen LogP contribution in [0.1, 0.15) is 22.9 Å². The highest BCUT2D eigenvalue weighted by Gasteiger charge is 2.32. The van der Waals surface area contributed by atoms with Crippen LogP contribution >= 0.6 is 15.9 Å². The number of fused-ring (bicyclic) bond motifs is 1. The maximum Gasteiger partial charge on any atom is 0.194 e. The molecule has 0 aliphatic heterocycles. The molecule has 76 valence electrons. The number of hydrogen-bond donors (Lipinski definition) is 0. The summed E-state index contributed by atoms with van der Waals surface area (Å²) in [5, 5.41) is 0. The Morgan fingerprint density at radius 3 is 2.57 bits per heavy atom. The number of benzene rings is 1. The Morgan fingerprint density at radius 1 is 1.29 bits per heavy atom. The SMILES string of the molecule is CC1Cc2c(cc(F)c(F)c2F)C1Br. The van der Waals surface area contributed by atoms with E-state index < -0.39 is 17.5 Å². The third-order valence-corrected chi connectivity index (χ3v) is 4.02. The molecule has 1 aliphatic carbocycles. The molecular formula is C10H8BrF3. The molecule has 0 heterocycles. The van der Waals surface area contributed by atoms with Gasteiger partial charge in [0.05, 0.1) is 0 Å². The summed E-state index contributed by atoms with van der Waals surface area (Å²) in [6, 6.07) is 1.08. The summed E-state index contributed by atoms with van der Waals surface area (Å²) < 4.78 is 39.0. The first-order chi connectivity index (χ1) is 6.52. The predicted molar refractivity (Wildman–Crippen MR) is 50.9 cm³/mol. The van der Waals surface area contributed by atoms with E-state index in [2.05, 4.69) is 15.9 Å². The fourth-order valence-electron chi connectivity index (χ4n) is 1.84. The van der Waals surface area contributed by atoms with E-state index in [1.807, 2.05) is 6.92 Å². The van der Waals surface area contributed by atoms with Gasteiger partial charge in [-0.1, -0.05) is 22.9 Å². The Bertz CT molecular complexity index is 389. The summed E-state index contributed by atoms with van der Waals surface area (Å²) in [5.41, 5.74) is 0.840. The third kappa shape index (κ3) is 1.28. The Labute approximate surface area is 88.2 Å². The quantitative estimate of drug-likeness (QED) is 0.495. The Morgan fingerprint density at radius 2 is 1.93 bits per heavy atom. The molecule has 0 saturated heterocycles. The van der Waals surface area contributed by atoms with Crippen molar-refractivity contribution < 1.29 is 13.2 Å². The van der Waals surface area contributed by atoms with Crippen molar-refractivity contribution in [2.75, 3.05) is 0 Å². The van der Waals surface area contributed by atoms with E-state index in [-0.39, 0.29) is 10.7 Å².